The van der Waals surface area contributed by atoms with Gasteiger partial charge in [0.05, 0.1) is 5.56 Å². The standard InChI is InChI=1S/C15H20BrF3N2/c1-10-2-4-11(5-3-10)6-7-20-14-13(15(17,18)19)8-12(16)9-21-14/h8-11H,2-7H2,1H3,(H,20,21). The number of rotatable bonds is 4. The molecule has 0 aromatic carbocycles. The largest absolute Gasteiger partial charge is 0.419 e. The van der Waals surface area contributed by atoms with Crippen LogP contribution in [0.25, 0.3) is 0 Å². The molecule has 2 rings (SSSR count). The fraction of sp³-hybridized carbons (Fsp3) is 0.667. The highest BCUT2D eigenvalue weighted by atomic mass is 79.9. The van der Waals surface area contributed by atoms with Gasteiger partial charge in [0, 0.05) is 17.2 Å². The Labute approximate surface area is 131 Å². The molecule has 0 amide bonds. The van der Waals surface area contributed by atoms with Crippen molar-refractivity contribution in [2.45, 2.75) is 45.2 Å². The highest BCUT2D eigenvalue weighted by Crippen LogP contribution is 2.35. The number of halogens is 4. The maximum absolute atomic E-state index is 13.0. The molecule has 6 heteroatoms. The van der Waals surface area contributed by atoms with E-state index in [9.17, 15) is 13.2 Å². The van der Waals surface area contributed by atoms with Crippen molar-refractivity contribution < 1.29 is 13.2 Å². The van der Waals surface area contributed by atoms with E-state index >= 15 is 0 Å². The Balaban J connectivity index is 1.91. The molecule has 0 saturated heterocycles. The summed E-state index contributed by atoms with van der Waals surface area (Å²) in [6.45, 7) is 2.80. The van der Waals surface area contributed by atoms with Gasteiger partial charge in [-0.15, -0.1) is 0 Å². The number of alkyl halides is 3. The van der Waals surface area contributed by atoms with Gasteiger partial charge in [0.25, 0.3) is 0 Å². The molecule has 1 fully saturated rings. The highest BCUT2D eigenvalue weighted by Gasteiger charge is 2.34. The lowest BCUT2D eigenvalue weighted by molar-refractivity contribution is -0.137. The second kappa shape index (κ2) is 6.99. The SMILES string of the molecule is CC1CCC(CCNc2ncc(Br)cc2C(F)(F)F)CC1. The molecular formula is C15H20BrF3N2. The molecule has 0 radical (unpaired) electrons. The number of nitrogens with one attached hydrogen (secondary N) is 1. The van der Waals surface area contributed by atoms with Gasteiger partial charge in [-0.05, 0) is 40.3 Å². The van der Waals surface area contributed by atoms with Gasteiger partial charge in [0.1, 0.15) is 5.82 Å². The Kier molecular flexibility index (Phi) is 5.52. The number of anilines is 1. The summed E-state index contributed by atoms with van der Waals surface area (Å²) in [7, 11) is 0. The molecule has 118 valence electrons. The van der Waals surface area contributed by atoms with Crippen LogP contribution in [0.2, 0.25) is 0 Å². The van der Waals surface area contributed by atoms with E-state index in [2.05, 4.69) is 33.2 Å². The van der Waals surface area contributed by atoms with Crippen LogP contribution in [0.15, 0.2) is 16.7 Å². The molecule has 2 nitrogen and oxygen atoms in total. The van der Waals surface area contributed by atoms with Gasteiger partial charge in [-0.2, -0.15) is 13.2 Å². The average Bonchev–Trinajstić information content (AvgIpc) is 2.41. The van der Waals surface area contributed by atoms with Crippen molar-refractivity contribution in [3.63, 3.8) is 0 Å². The third-order valence-electron chi connectivity index (χ3n) is 4.14. The van der Waals surface area contributed by atoms with Gasteiger partial charge in [-0.3, -0.25) is 0 Å². The van der Waals surface area contributed by atoms with Crippen LogP contribution < -0.4 is 5.32 Å². The molecule has 1 aromatic rings. The molecule has 0 aliphatic heterocycles. The molecule has 21 heavy (non-hydrogen) atoms. The molecular weight excluding hydrogens is 345 g/mol. The Morgan fingerprint density at radius 1 is 1.29 bits per heavy atom. The summed E-state index contributed by atoms with van der Waals surface area (Å²) in [4.78, 5) is 3.86. The number of aromatic nitrogens is 1. The van der Waals surface area contributed by atoms with Gasteiger partial charge in [-0.25, -0.2) is 4.98 Å². The predicted octanol–water partition coefficient (Wildman–Crippen LogP) is 5.49. The number of hydrogen-bond acceptors (Lipinski definition) is 2. The van der Waals surface area contributed by atoms with E-state index in [1.807, 2.05) is 0 Å². The van der Waals surface area contributed by atoms with E-state index in [0.29, 0.717) is 16.9 Å². The first-order chi connectivity index (χ1) is 9.86. The van der Waals surface area contributed by atoms with E-state index < -0.39 is 11.7 Å². The summed E-state index contributed by atoms with van der Waals surface area (Å²) in [5, 5.41) is 2.85. The van der Waals surface area contributed by atoms with Gasteiger partial charge in [0.2, 0.25) is 0 Å². The number of pyridine rings is 1. The molecule has 0 atom stereocenters. The zero-order chi connectivity index (χ0) is 15.5. The van der Waals surface area contributed by atoms with Gasteiger partial charge >= 0.3 is 6.18 Å². The molecule has 1 saturated carbocycles. The second-order valence-corrected chi connectivity index (χ2v) is 6.80. The Morgan fingerprint density at radius 3 is 2.57 bits per heavy atom. The smallest absolute Gasteiger partial charge is 0.370 e. The lowest BCUT2D eigenvalue weighted by atomic mass is 9.81. The molecule has 1 aliphatic rings. The number of hydrogen-bond donors (Lipinski definition) is 1. The van der Waals surface area contributed by atoms with Gasteiger partial charge < -0.3 is 5.32 Å². The van der Waals surface area contributed by atoms with Crippen LogP contribution in [-0.4, -0.2) is 11.5 Å². The van der Waals surface area contributed by atoms with Crippen LogP contribution in [0.4, 0.5) is 19.0 Å². The summed E-state index contributed by atoms with van der Waals surface area (Å²) >= 11 is 3.03. The quantitative estimate of drug-likeness (QED) is 0.763. The maximum Gasteiger partial charge on any atom is 0.419 e. The van der Waals surface area contributed by atoms with Crippen LogP contribution in [-0.2, 0) is 6.18 Å². The fourth-order valence-corrected chi connectivity index (χ4v) is 3.14. The van der Waals surface area contributed by atoms with Crippen LogP contribution in [0.5, 0.6) is 0 Å². The minimum absolute atomic E-state index is 0.0742. The minimum Gasteiger partial charge on any atom is -0.370 e. The summed E-state index contributed by atoms with van der Waals surface area (Å²) in [6, 6.07) is 1.07. The third-order valence-corrected chi connectivity index (χ3v) is 4.57. The molecule has 1 N–H and O–H groups in total. The molecule has 1 aromatic heterocycles. The summed E-state index contributed by atoms with van der Waals surface area (Å²) in [5.41, 5.74) is -0.714. The van der Waals surface area contributed by atoms with E-state index in [4.69, 9.17) is 0 Å². The zero-order valence-corrected chi connectivity index (χ0v) is 13.6. The normalized spacial score (nSPS) is 23.1. The third kappa shape index (κ3) is 4.87. The monoisotopic (exact) mass is 364 g/mol. The minimum atomic E-state index is -4.39. The summed E-state index contributed by atoms with van der Waals surface area (Å²) in [6.07, 6.45) is 2.73. The Morgan fingerprint density at radius 2 is 1.95 bits per heavy atom. The fourth-order valence-electron chi connectivity index (χ4n) is 2.81. The van der Waals surface area contributed by atoms with E-state index in [1.165, 1.54) is 31.9 Å². The first kappa shape index (κ1) is 16.6. The lowest BCUT2D eigenvalue weighted by Gasteiger charge is -2.26. The molecule has 0 bridgehead atoms. The van der Waals surface area contributed by atoms with Gasteiger partial charge in [-0.1, -0.05) is 32.6 Å². The van der Waals surface area contributed by atoms with Crippen molar-refractivity contribution in [3.05, 3.63) is 22.3 Å². The van der Waals surface area contributed by atoms with Crippen molar-refractivity contribution in [3.8, 4) is 0 Å². The van der Waals surface area contributed by atoms with Crippen molar-refractivity contribution in [2.75, 3.05) is 11.9 Å². The molecule has 1 aliphatic carbocycles. The van der Waals surface area contributed by atoms with Gasteiger partial charge in [0.15, 0.2) is 0 Å². The van der Waals surface area contributed by atoms with E-state index in [-0.39, 0.29) is 5.82 Å². The van der Waals surface area contributed by atoms with Crippen molar-refractivity contribution in [1.29, 1.82) is 0 Å². The average molecular weight is 365 g/mol. The predicted molar refractivity (Wildman–Crippen MR) is 81.2 cm³/mol. The van der Waals surface area contributed by atoms with Crippen molar-refractivity contribution in [1.82, 2.24) is 4.98 Å². The molecule has 0 spiro atoms. The molecule has 0 unspecified atom stereocenters. The van der Waals surface area contributed by atoms with Crippen molar-refractivity contribution in [2.24, 2.45) is 11.8 Å². The van der Waals surface area contributed by atoms with E-state index in [1.54, 1.807) is 0 Å². The van der Waals surface area contributed by atoms with Crippen LogP contribution in [0, 0.1) is 11.8 Å². The first-order valence-corrected chi connectivity index (χ1v) is 8.12. The lowest BCUT2D eigenvalue weighted by Crippen LogP contribution is -2.18. The molecule has 1 heterocycles. The zero-order valence-electron chi connectivity index (χ0n) is 12.0. The van der Waals surface area contributed by atoms with Crippen LogP contribution in [0.3, 0.4) is 0 Å². The Hall–Kier alpha value is -0.780. The maximum atomic E-state index is 13.0. The summed E-state index contributed by atoms with van der Waals surface area (Å²) < 4.78 is 39.2. The second-order valence-electron chi connectivity index (χ2n) is 5.89. The van der Waals surface area contributed by atoms with Crippen LogP contribution in [0.1, 0.15) is 44.6 Å². The highest BCUT2D eigenvalue weighted by molar-refractivity contribution is 9.10. The summed E-state index contributed by atoms with van der Waals surface area (Å²) in [5.74, 6) is 1.34. The van der Waals surface area contributed by atoms with Crippen LogP contribution >= 0.6 is 15.9 Å². The Bertz CT molecular complexity index is 468. The number of nitrogens with zero attached hydrogens (tertiary/aromatic N) is 1. The topological polar surface area (TPSA) is 24.9 Å². The van der Waals surface area contributed by atoms with Crippen molar-refractivity contribution >= 4 is 21.7 Å². The van der Waals surface area contributed by atoms with E-state index in [0.717, 1.165) is 18.4 Å². The first-order valence-electron chi connectivity index (χ1n) is 7.33.